The fraction of sp³-hybridized carbons (Fsp3) is 0.700. The van der Waals surface area contributed by atoms with E-state index in [0.29, 0.717) is 6.61 Å². The Bertz CT molecular complexity index is 173. The summed E-state index contributed by atoms with van der Waals surface area (Å²) in [6.07, 6.45) is 9.87. The van der Waals surface area contributed by atoms with Crippen LogP contribution in [0.25, 0.3) is 0 Å². The molecule has 0 amide bonds. The van der Waals surface area contributed by atoms with Crippen LogP contribution in [0.4, 0.5) is 0 Å². The molecule has 0 unspecified atom stereocenters. The molecular weight excluding hydrogens is 150 g/mol. The van der Waals surface area contributed by atoms with Crippen molar-refractivity contribution >= 4 is 5.90 Å². The molecule has 1 aliphatic rings. The van der Waals surface area contributed by atoms with E-state index in [2.05, 4.69) is 11.9 Å². The lowest BCUT2D eigenvalue weighted by atomic mass is 10.1. The van der Waals surface area contributed by atoms with Crippen molar-refractivity contribution in [3.8, 4) is 0 Å². The SMILES string of the molecule is CCCCCCC1=NC=CCO1. The molecule has 0 atom stereocenters. The average molecular weight is 167 g/mol. The topological polar surface area (TPSA) is 21.6 Å². The molecule has 0 aromatic heterocycles. The molecule has 2 heteroatoms. The van der Waals surface area contributed by atoms with Gasteiger partial charge in [0.25, 0.3) is 0 Å². The Hall–Kier alpha value is -0.790. The van der Waals surface area contributed by atoms with Gasteiger partial charge in [0.1, 0.15) is 6.61 Å². The third-order valence-electron chi connectivity index (χ3n) is 1.91. The molecule has 0 saturated carbocycles. The normalized spacial score (nSPS) is 15.6. The monoisotopic (exact) mass is 167 g/mol. The van der Waals surface area contributed by atoms with Gasteiger partial charge in [0.05, 0.1) is 0 Å². The van der Waals surface area contributed by atoms with Crippen molar-refractivity contribution in [2.24, 2.45) is 4.99 Å². The van der Waals surface area contributed by atoms with E-state index in [1.807, 2.05) is 12.3 Å². The molecule has 2 nitrogen and oxygen atoms in total. The van der Waals surface area contributed by atoms with Crippen LogP contribution in [0.15, 0.2) is 17.3 Å². The summed E-state index contributed by atoms with van der Waals surface area (Å²) in [7, 11) is 0. The summed E-state index contributed by atoms with van der Waals surface area (Å²) < 4.78 is 5.32. The van der Waals surface area contributed by atoms with Crippen molar-refractivity contribution in [3.63, 3.8) is 0 Å². The van der Waals surface area contributed by atoms with Crippen LogP contribution in [0.5, 0.6) is 0 Å². The van der Waals surface area contributed by atoms with Crippen LogP contribution in [-0.4, -0.2) is 12.5 Å². The molecule has 12 heavy (non-hydrogen) atoms. The minimum Gasteiger partial charge on any atom is -0.476 e. The first-order valence-corrected chi connectivity index (χ1v) is 4.78. The van der Waals surface area contributed by atoms with Gasteiger partial charge in [-0.05, 0) is 12.5 Å². The van der Waals surface area contributed by atoms with Crippen molar-refractivity contribution in [1.82, 2.24) is 0 Å². The molecule has 68 valence electrons. The molecule has 0 bridgehead atoms. The Kier molecular flexibility index (Phi) is 4.50. The second kappa shape index (κ2) is 5.81. The maximum atomic E-state index is 5.32. The molecule has 0 aromatic rings. The van der Waals surface area contributed by atoms with Crippen LogP contribution >= 0.6 is 0 Å². The lowest BCUT2D eigenvalue weighted by Gasteiger charge is -2.08. The number of nitrogens with zero attached hydrogens (tertiary/aromatic N) is 1. The van der Waals surface area contributed by atoms with Crippen molar-refractivity contribution in [2.45, 2.75) is 39.0 Å². The van der Waals surface area contributed by atoms with Gasteiger partial charge in [-0.2, -0.15) is 0 Å². The number of aliphatic imine (C=N–C) groups is 1. The molecule has 0 saturated heterocycles. The van der Waals surface area contributed by atoms with Crippen LogP contribution in [0.3, 0.4) is 0 Å². The molecule has 0 spiro atoms. The van der Waals surface area contributed by atoms with Crippen molar-refractivity contribution in [2.75, 3.05) is 6.61 Å². The van der Waals surface area contributed by atoms with Crippen LogP contribution < -0.4 is 0 Å². The van der Waals surface area contributed by atoms with Gasteiger partial charge >= 0.3 is 0 Å². The molecular formula is C10H17NO. The minimum atomic E-state index is 0.701. The summed E-state index contributed by atoms with van der Waals surface area (Å²) in [4.78, 5) is 4.14. The lowest BCUT2D eigenvalue weighted by molar-refractivity contribution is 0.331. The fourth-order valence-electron chi connectivity index (χ4n) is 1.20. The second-order valence-electron chi connectivity index (χ2n) is 3.03. The maximum absolute atomic E-state index is 5.32. The number of unbranched alkanes of at least 4 members (excludes halogenated alkanes) is 3. The zero-order valence-electron chi connectivity index (χ0n) is 7.75. The number of rotatable bonds is 5. The van der Waals surface area contributed by atoms with Crippen molar-refractivity contribution < 1.29 is 4.74 Å². The van der Waals surface area contributed by atoms with Gasteiger partial charge in [0.15, 0.2) is 5.90 Å². The average Bonchev–Trinajstić information content (AvgIpc) is 2.14. The van der Waals surface area contributed by atoms with E-state index in [0.717, 1.165) is 12.3 Å². The van der Waals surface area contributed by atoms with Crippen LogP contribution in [-0.2, 0) is 4.74 Å². The molecule has 0 fully saturated rings. The van der Waals surface area contributed by atoms with Crippen LogP contribution in [0.1, 0.15) is 39.0 Å². The van der Waals surface area contributed by atoms with Gasteiger partial charge in [0, 0.05) is 12.6 Å². The van der Waals surface area contributed by atoms with Gasteiger partial charge in [-0.1, -0.05) is 26.2 Å². The Morgan fingerprint density at radius 3 is 3.00 bits per heavy atom. The van der Waals surface area contributed by atoms with Crippen LogP contribution in [0, 0.1) is 0 Å². The third kappa shape index (κ3) is 3.56. The molecule has 1 rings (SSSR count). The summed E-state index contributed by atoms with van der Waals surface area (Å²) in [6, 6.07) is 0. The van der Waals surface area contributed by atoms with E-state index < -0.39 is 0 Å². The third-order valence-corrected chi connectivity index (χ3v) is 1.91. The Labute approximate surface area is 74.3 Å². The van der Waals surface area contributed by atoms with Gasteiger partial charge in [-0.15, -0.1) is 0 Å². The maximum Gasteiger partial charge on any atom is 0.188 e. The minimum absolute atomic E-state index is 0.701. The summed E-state index contributed by atoms with van der Waals surface area (Å²) >= 11 is 0. The highest BCUT2D eigenvalue weighted by Gasteiger charge is 2.00. The first kappa shape index (κ1) is 9.30. The van der Waals surface area contributed by atoms with E-state index in [-0.39, 0.29) is 0 Å². The van der Waals surface area contributed by atoms with E-state index in [9.17, 15) is 0 Å². The zero-order chi connectivity index (χ0) is 8.65. The molecule has 0 radical (unpaired) electrons. The van der Waals surface area contributed by atoms with E-state index in [1.54, 1.807) is 0 Å². The molecule has 0 N–H and O–H groups in total. The van der Waals surface area contributed by atoms with E-state index in [1.165, 1.54) is 25.7 Å². The predicted molar refractivity (Wildman–Crippen MR) is 51.3 cm³/mol. The summed E-state index contributed by atoms with van der Waals surface area (Å²) in [6.45, 7) is 2.92. The molecule has 0 aromatic carbocycles. The summed E-state index contributed by atoms with van der Waals surface area (Å²) in [5, 5.41) is 0. The van der Waals surface area contributed by atoms with Gasteiger partial charge < -0.3 is 4.74 Å². The van der Waals surface area contributed by atoms with Crippen LogP contribution in [0.2, 0.25) is 0 Å². The van der Waals surface area contributed by atoms with Crippen molar-refractivity contribution in [3.05, 3.63) is 12.3 Å². The lowest BCUT2D eigenvalue weighted by Crippen LogP contribution is -2.07. The highest BCUT2D eigenvalue weighted by atomic mass is 16.5. The first-order valence-electron chi connectivity index (χ1n) is 4.78. The standard InChI is InChI=1S/C10H17NO/c1-2-3-4-5-7-10-11-8-6-9-12-10/h6,8H,2-5,7,9H2,1H3. The highest BCUT2D eigenvalue weighted by Crippen LogP contribution is 2.06. The van der Waals surface area contributed by atoms with Gasteiger partial charge in [-0.25, -0.2) is 4.99 Å². The Morgan fingerprint density at radius 2 is 2.33 bits per heavy atom. The Balaban J connectivity index is 2.06. The summed E-state index contributed by atoms with van der Waals surface area (Å²) in [5.74, 6) is 0.911. The quantitative estimate of drug-likeness (QED) is 0.577. The van der Waals surface area contributed by atoms with Crippen molar-refractivity contribution in [1.29, 1.82) is 0 Å². The first-order chi connectivity index (χ1) is 5.93. The largest absolute Gasteiger partial charge is 0.476 e. The summed E-state index contributed by atoms with van der Waals surface area (Å²) in [5.41, 5.74) is 0. The number of hydrogen-bond acceptors (Lipinski definition) is 2. The molecule has 1 aliphatic heterocycles. The van der Waals surface area contributed by atoms with E-state index in [4.69, 9.17) is 4.74 Å². The van der Waals surface area contributed by atoms with Gasteiger partial charge in [-0.3, -0.25) is 0 Å². The van der Waals surface area contributed by atoms with Gasteiger partial charge in [0.2, 0.25) is 0 Å². The zero-order valence-corrected chi connectivity index (χ0v) is 7.75. The van der Waals surface area contributed by atoms with E-state index >= 15 is 0 Å². The molecule has 0 aliphatic carbocycles. The highest BCUT2D eigenvalue weighted by molar-refractivity contribution is 5.77. The number of hydrogen-bond donors (Lipinski definition) is 0. The second-order valence-corrected chi connectivity index (χ2v) is 3.03. The molecule has 1 heterocycles. The number of ether oxygens (including phenoxy) is 1. The predicted octanol–water partition coefficient (Wildman–Crippen LogP) is 2.90. The Morgan fingerprint density at radius 1 is 1.42 bits per heavy atom. The fourth-order valence-corrected chi connectivity index (χ4v) is 1.20. The smallest absolute Gasteiger partial charge is 0.188 e.